The third kappa shape index (κ3) is 2.51. The molecule has 0 aliphatic heterocycles. The number of imidazole rings is 1. The number of nitrogens with two attached hydrogens (primary N) is 1. The summed E-state index contributed by atoms with van der Waals surface area (Å²) in [7, 11) is 0. The smallest absolute Gasteiger partial charge is 0.148 e. The summed E-state index contributed by atoms with van der Waals surface area (Å²) in [6.45, 7) is 4.12. The van der Waals surface area contributed by atoms with Gasteiger partial charge >= 0.3 is 0 Å². The molecule has 2 aromatic heterocycles. The third-order valence-electron chi connectivity index (χ3n) is 4.04. The largest absolute Gasteiger partial charge is 0.308 e. The summed E-state index contributed by atoms with van der Waals surface area (Å²) in [6.07, 6.45) is 8.31. The number of nitrogens with one attached hydrogen (secondary N) is 1. The fourth-order valence-electron chi connectivity index (χ4n) is 2.91. The van der Waals surface area contributed by atoms with Crippen molar-refractivity contribution in [1.29, 1.82) is 0 Å². The van der Waals surface area contributed by atoms with Gasteiger partial charge in [0.1, 0.15) is 23.8 Å². The number of hydrogen-bond donors (Lipinski definition) is 2. The average Bonchev–Trinajstić information content (AvgIpc) is 2.93. The van der Waals surface area contributed by atoms with Gasteiger partial charge in [0.15, 0.2) is 0 Å². The van der Waals surface area contributed by atoms with Crippen LogP contribution in [0.15, 0.2) is 6.33 Å². The van der Waals surface area contributed by atoms with Gasteiger partial charge < -0.3 is 5.43 Å². The minimum absolute atomic E-state index is 0.696. The predicted molar refractivity (Wildman–Crippen MR) is 82.3 cm³/mol. The van der Waals surface area contributed by atoms with Crippen molar-refractivity contribution in [2.24, 2.45) is 5.84 Å². The number of nitrogen functional groups attached to an aromatic ring is 1. The Morgan fingerprint density at radius 1 is 1.29 bits per heavy atom. The van der Waals surface area contributed by atoms with Gasteiger partial charge in [-0.15, -0.1) is 0 Å². The molecule has 0 spiro atoms. The Labute approximate surface area is 124 Å². The van der Waals surface area contributed by atoms with Gasteiger partial charge in [0, 0.05) is 17.7 Å². The van der Waals surface area contributed by atoms with Crippen molar-refractivity contribution in [2.75, 3.05) is 5.43 Å². The van der Waals surface area contributed by atoms with Gasteiger partial charge in [-0.2, -0.15) is 0 Å². The molecule has 2 aromatic rings. The summed E-state index contributed by atoms with van der Waals surface area (Å²) in [5, 5.41) is 0. The summed E-state index contributed by atoms with van der Waals surface area (Å²) in [5.41, 5.74) is 6.15. The zero-order valence-electron chi connectivity index (χ0n) is 12.7. The predicted octanol–water partition coefficient (Wildman–Crippen LogP) is 2.09. The van der Waals surface area contributed by atoms with E-state index in [9.17, 15) is 0 Å². The Hall–Kier alpha value is -1.95. The van der Waals surface area contributed by atoms with E-state index in [4.69, 9.17) is 10.8 Å². The molecular weight excluding hydrogens is 264 g/mol. The maximum atomic E-state index is 5.61. The molecule has 1 aliphatic carbocycles. The van der Waals surface area contributed by atoms with Crippen molar-refractivity contribution >= 4 is 5.82 Å². The molecule has 0 unspecified atom stereocenters. The molecule has 6 nitrogen and oxygen atoms in total. The maximum Gasteiger partial charge on any atom is 0.148 e. The SMILES string of the molecule is CCCc1nc(NN)c(C)c(-n2cnc3c2CCCC3)n1. The molecule has 21 heavy (non-hydrogen) atoms. The van der Waals surface area contributed by atoms with E-state index in [0.717, 1.165) is 42.9 Å². The topological polar surface area (TPSA) is 81.6 Å². The highest BCUT2D eigenvalue weighted by molar-refractivity contribution is 5.52. The minimum atomic E-state index is 0.696. The highest BCUT2D eigenvalue weighted by Crippen LogP contribution is 2.26. The van der Waals surface area contributed by atoms with Crippen LogP contribution in [0.5, 0.6) is 0 Å². The first-order valence-electron chi connectivity index (χ1n) is 7.64. The van der Waals surface area contributed by atoms with Gasteiger partial charge in [0.05, 0.1) is 5.69 Å². The number of nitrogens with zero attached hydrogens (tertiary/aromatic N) is 4. The van der Waals surface area contributed by atoms with Crippen LogP contribution >= 0.6 is 0 Å². The van der Waals surface area contributed by atoms with Crippen LogP contribution in [0.4, 0.5) is 5.82 Å². The lowest BCUT2D eigenvalue weighted by atomic mass is 10.0. The van der Waals surface area contributed by atoms with Crippen LogP contribution in [0.1, 0.15) is 49.0 Å². The summed E-state index contributed by atoms with van der Waals surface area (Å²) >= 11 is 0. The van der Waals surface area contributed by atoms with Crippen LogP contribution in [-0.4, -0.2) is 19.5 Å². The van der Waals surface area contributed by atoms with E-state index in [1.54, 1.807) is 0 Å². The molecule has 0 bridgehead atoms. The fraction of sp³-hybridized carbons (Fsp3) is 0.533. The highest BCUT2D eigenvalue weighted by Gasteiger charge is 2.19. The molecule has 0 fully saturated rings. The standard InChI is InChI=1S/C15H22N6/c1-3-6-13-18-14(20-16)10(2)15(19-13)21-9-17-11-7-4-5-8-12(11)21/h9H,3-8,16H2,1-2H3,(H,18,19,20). The summed E-state index contributed by atoms with van der Waals surface area (Å²) < 4.78 is 2.12. The van der Waals surface area contributed by atoms with Gasteiger partial charge in [-0.1, -0.05) is 6.92 Å². The quantitative estimate of drug-likeness (QED) is 0.664. The van der Waals surface area contributed by atoms with E-state index in [1.165, 1.54) is 24.2 Å². The third-order valence-corrected chi connectivity index (χ3v) is 4.04. The van der Waals surface area contributed by atoms with Crippen molar-refractivity contribution in [3.63, 3.8) is 0 Å². The molecule has 0 amide bonds. The maximum absolute atomic E-state index is 5.61. The lowest BCUT2D eigenvalue weighted by molar-refractivity contribution is 0.652. The molecule has 0 radical (unpaired) electrons. The molecule has 0 saturated heterocycles. The Bertz CT molecular complexity index is 646. The Kier molecular flexibility index (Phi) is 3.88. The number of anilines is 1. The molecule has 0 aromatic carbocycles. The van der Waals surface area contributed by atoms with Crippen molar-refractivity contribution in [3.05, 3.63) is 29.1 Å². The number of hydrazine groups is 1. The minimum Gasteiger partial charge on any atom is -0.308 e. The number of aromatic nitrogens is 4. The second-order valence-electron chi connectivity index (χ2n) is 5.55. The second kappa shape index (κ2) is 5.81. The number of rotatable bonds is 4. The van der Waals surface area contributed by atoms with Crippen molar-refractivity contribution in [3.8, 4) is 5.82 Å². The summed E-state index contributed by atoms with van der Waals surface area (Å²) in [5.74, 6) is 8.03. The van der Waals surface area contributed by atoms with Crippen LogP contribution in [0.3, 0.4) is 0 Å². The first-order chi connectivity index (χ1) is 10.2. The zero-order chi connectivity index (χ0) is 14.8. The zero-order valence-corrected chi connectivity index (χ0v) is 12.7. The lowest BCUT2D eigenvalue weighted by Crippen LogP contribution is -2.16. The second-order valence-corrected chi connectivity index (χ2v) is 5.55. The van der Waals surface area contributed by atoms with Gasteiger partial charge in [-0.3, -0.25) is 4.57 Å². The van der Waals surface area contributed by atoms with Crippen LogP contribution in [0, 0.1) is 6.92 Å². The Morgan fingerprint density at radius 3 is 2.86 bits per heavy atom. The van der Waals surface area contributed by atoms with Gasteiger partial charge in [0.2, 0.25) is 0 Å². The van der Waals surface area contributed by atoms with Gasteiger partial charge in [-0.05, 0) is 39.0 Å². The highest BCUT2D eigenvalue weighted by atomic mass is 15.3. The monoisotopic (exact) mass is 286 g/mol. The molecule has 112 valence electrons. The van der Waals surface area contributed by atoms with E-state index in [1.807, 2.05) is 13.3 Å². The molecular formula is C15H22N6. The van der Waals surface area contributed by atoms with Crippen LogP contribution in [0.25, 0.3) is 5.82 Å². The van der Waals surface area contributed by atoms with Crippen LogP contribution in [0.2, 0.25) is 0 Å². The number of aryl methyl sites for hydroxylation is 2. The molecule has 6 heteroatoms. The molecule has 1 aliphatic rings. The first kappa shape index (κ1) is 14.0. The summed E-state index contributed by atoms with van der Waals surface area (Å²) in [4.78, 5) is 13.8. The van der Waals surface area contributed by atoms with Crippen molar-refractivity contribution in [2.45, 2.75) is 52.4 Å². The fourth-order valence-corrected chi connectivity index (χ4v) is 2.91. The molecule has 0 saturated carbocycles. The van der Waals surface area contributed by atoms with E-state index < -0.39 is 0 Å². The average molecular weight is 286 g/mol. The van der Waals surface area contributed by atoms with E-state index in [-0.39, 0.29) is 0 Å². The molecule has 0 atom stereocenters. The van der Waals surface area contributed by atoms with Crippen molar-refractivity contribution < 1.29 is 0 Å². The van der Waals surface area contributed by atoms with E-state index >= 15 is 0 Å². The lowest BCUT2D eigenvalue weighted by Gasteiger charge is -2.17. The van der Waals surface area contributed by atoms with E-state index in [2.05, 4.69) is 26.9 Å². The molecule has 2 heterocycles. The molecule has 3 N–H and O–H groups in total. The summed E-state index contributed by atoms with van der Waals surface area (Å²) in [6, 6.07) is 0. The Morgan fingerprint density at radius 2 is 2.10 bits per heavy atom. The van der Waals surface area contributed by atoms with Crippen LogP contribution < -0.4 is 11.3 Å². The van der Waals surface area contributed by atoms with Gasteiger partial charge in [-0.25, -0.2) is 20.8 Å². The normalized spacial score (nSPS) is 14.0. The Balaban J connectivity index is 2.12. The van der Waals surface area contributed by atoms with Crippen LogP contribution in [-0.2, 0) is 19.3 Å². The van der Waals surface area contributed by atoms with E-state index in [0.29, 0.717) is 5.82 Å². The van der Waals surface area contributed by atoms with Crippen molar-refractivity contribution in [1.82, 2.24) is 19.5 Å². The molecule has 3 rings (SSSR count). The van der Waals surface area contributed by atoms with Gasteiger partial charge in [0.25, 0.3) is 0 Å². The number of fused-ring (bicyclic) bond motifs is 1. The first-order valence-corrected chi connectivity index (χ1v) is 7.64. The number of hydrogen-bond acceptors (Lipinski definition) is 5.